The van der Waals surface area contributed by atoms with Gasteiger partial charge in [0, 0.05) is 23.5 Å². The highest BCUT2D eigenvalue weighted by molar-refractivity contribution is 6.32. The van der Waals surface area contributed by atoms with E-state index in [4.69, 9.17) is 11.6 Å². The number of Topliss-reactive ketones (excluding diaryl/α,β-unsaturated/α-hetero) is 1. The molecule has 1 saturated carbocycles. The largest absolute Gasteiger partial charge is 0.504 e. The summed E-state index contributed by atoms with van der Waals surface area (Å²) in [4.78, 5) is 19.9. The molecule has 1 atom stereocenters. The number of ketones is 1. The molecule has 1 unspecified atom stereocenters. The number of pyridine rings is 1. The van der Waals surface area contributed by atoms with Crippen molar-refractivity contribution in [3.05, 3.63) is 52.9 Å². The summed E-state index contributed by atoms with van der Waals surface area (Å²) in [6.45, 7) is 3.15. The van der Waals surface area contributed by atoms with Gasteiger partial charge in [0.15, 0.2) is 17.3 Å². The van der Waals surface area contributed by atoms with Crippen LogP contribution in [0.5, 0.6) is 5.75 Å². The molecule has 180 valence electrons. The van der Waals surface area contributed by atoms with Crippen LogP contribution in [0.15, 0.2) is 36.5 Å². The first-order chi connectivity index (χ1) is 16.3. The van der Waals surface area contributed by atoms with Crippen LogP contribution in [0.25, 0.3) is 22.0 Å². The molecule has 1 aliphatic rings. The van der Waals surface area contributed by atoms with Crippen molar-refractivity contribution < 1.29 is 14.3 Å². The van der Waals surface area contributed by atoms with E-state index in [0.717, 1.165) is 60.8 Å². The Morgan fingerprint density at radius 1 is 1.26 bits per heavy atom. The van der Waals surface area contributed by atoms with Crippen molar-refractivity contribution in [1.29, 1.82) is 0 Å². The monoisotopic (exact) mass is 483 g/mol. The van der Waals surface area contributed by atoms with E-state index in [1.54, 1.807) is 6.20 Å². The molecule has 4 rings (SSSR count). The number of carbonyl (C=O) groups is 1. The van der Waals surface area contributed by atoms with Gasteiger partial charge in [-0.15, -0.1) is 0 Å². The lowest BCUT2D eigenvalue weighted by atomic mass is 9.98. The van der Waals surface area contributed by atoms with Crippen LogP contribution < -0.4 is 5.32 Å². The molecule has 3 aromatic rings. The van der Waals surface area contributed by atoms with Gasteiger partial charge in [0.05, 0.1) is 21.8 Å². The Kier molecular flexibility index (Phi) is 7.39. The van der Waals surface area contributed by atoms with Crippen molar-refractivity contribution in [2.75, 3.05) is 26.0 Å². The molecular weight excluding hydrogens is 453 g/mol. The van der Waals surface area contributed by atoms with Gasteiger partial charge in [-0.2, -0.15) is 0 Å². The van der Waals surface area contributed by atoms with Crippen LogP contribution in [0.1, 0.15) is 49.4 Å². The van der Waals surface area contributed by atoms with E-state index in [9.17, 15) is 14.3 Å². The van der Waals surface area contributed by atoms with Gasteiger partial charge < -0.3 is 15.3 Å². The fraction of sp³-hybridized carbons (Fsp3) is 0.407. The van der Waals surface area contributed by atoms with Gasteiger partial charge in [0.25, 0.3) is 0 Å². The topological polar surface area (TPSA) is 65.5 Å². The smallest absolute Gasteiger partial charge is 0.170 e. The fourth-order valence-corrected chi connectivity index (χ4v) is 4.46. The standard InChI is InChI=1S/C27H31ClFN3O2/c1-4-19(6-5-11-32(2)3)31-25-20-12-17(18-13-22(28)27(34)23(29)14-18)9-10-24(20)30-15-21(25)26(33)16-7-8-16/h9-10,12-16,19,34H,4-8,11H2,1-3H3,(H,30,31). The van der Waals surface area contributed by atoms with Crippen molar-refractivity contribution in [2.45, 2.75) is 45.1 Å². The molecule has 5 nitrogen and oxygen atoms in total. The van der Waals surface area contributed by atoms with Crippen LogP contribution in [-0.4, -0.2) is 47.5 Å². The minimum atomic E-state index is -0.774. The third-order valence-corrected chi connectivity index (χ3v) is 6.72. The Morgan fingerprint density at radius 3 is 2.68 bits per heavy atom. The Hall–Kier alpha value is -2.70. The molecular formula is C27H31ClFN3O2. The number of benzene rings is 2. The summed E-state index contributed by atoms with van der Waals surface area (Å²) in [5, 5.41) is 14.2. The number of nitrogens with one attached hydrogen (secondary N) is 1. The van der Waals surface area contributed by atoms with Gasteiger partial charge in [-0.1, -0.05) is 24.6 Å². The van der Waals surface area contributed by atoms with Crippen LogP contribution in [0.2, 0.25) is 5.02 Å². The third-order valence-electron chi connectivity index (χ3n) is 6.43. The second-order valence-corrected chi connectivity index (χ2v) is 9.81. The summed E-state index contributed by atoms with van der Waals surface area (Å²) in [7, 11) is 4.13. The van der Waals surface area contributed by atoms with Gasteiger partial charge in [0.1, 0.15) is 0 Å². The second-order valence-electron chi connectivity index (χ2n) is 9.40. The number of carbonyl (C=O) groups excluding carboxylic acids is 1. The quantitative estimate of drug-likeness (QED) is 0.321. The maximum absolute atomic E-state index is 14.2. The first-order valence-corrected chi connectivity index (χ1v) is 12.2. The summed E-state index contributed by atoms with van der Waals surface area (Å²) in [5.74, 6) is -1.13. The van der Waals surface area contributed by atoms with E-state index in [2.05, 4.69) is 36.2 Å². The number of nitrogens with zero attached hydrogens (tertiary/aromatic N) is 2. The van der Waals surface area contributed by atoms with Crippen LogP contribution in [0.3, 0.4) is 0 Å². The number of rotatable bonds is 10. The number of hydrogen-bond donors (Lipinski definition) is 2. The zero-order valence-electron chi connectivity index (χ0n) is 19.9. The molecule has 1 fully saturated rings. The number of hydrogen-bond acceptors (Lipinski definition) is 5. The first kappa shape index (κ1) is 24.4. The molecule has 34 heavy (non-hydrogen) atoms. The third kappa shape index (κ3) is 5.34. The Morgan fingerprint density at radius 2 is 2.03 bits per heavy atom. The maximum Gasteiger partial charge on any atom is 0.170 e. The zero-order chi connectivity index (χ0) is 24.4. The van der Waals surface area contributed by atoms with E-state index in [0.29, 0.717) is 11.1 Å². The predicted octanol–water partition coefficient (Wildman–Crippen LogP) is 6.52. The molecule has 2 aromatic carbocycles. The number of aromatic hydroxyl groups is 1. The van der Waals surface area contributed by atoms with Crippen LogP contribution in [-0.2, 0) is 0 Å². The van der Waals surface area contributed by atoms with Crippen molar-refractivity contribution in [2.24, 2.45) is 5.92 Å². The molecule has 0 aliphatic heterocycles. The Labute approximate surface area is 204 Å². The average Bonchev–Trinajstić information content (AvgIpc) is 3.66. The molecule has 0 bridgehead atoms. The van der Waals surface area contributed by atoms with Crippen molar-refractivity contribution in [3.63, 3.8) is 0 Å². The van der Waals surface area contributed by atoms with Gasteiger partial charge in [-0.25, -0.2) is 4.39 Å². The van der Waals surface area contributed by atoms with Crippen LogP contribution in [0.4, 0.5) is 10.1 Å². The summed E-state index contributed by atoms with van der Waals surface area (Å²) < 4.78 is 14.2. The molecule has 7 heteroatoms. The van der Waals surface area contributed by atoms with Gasteiger partial charge in [0.2, 0.25) is 0 Å². The number of phenolic OH excluding ortho intramolecular Hbond substituents is 1. The van der Waals surface area contributed by atoms with Crippen molar-refractivity contribution in [1.82, 2.24) is 9.88 Å². The summed E-state index contributed by atoms with van der Waals surface area (Å²) in [6, 6.07) is 8.64. The fourth-order valence-electron chi connectivity index (χ4n) is 4.25. The maximum atomic E-state index is 14.2. The lowest BCUT2D eigenvalue weighted by Crippen LogP contribution is -2.23. The molecule has 0 saturated heterocycles. The minimum absolute atomic E-state index is 0.0452. The normalized spacial score (nSPS) is 14.5. The van der Waals surface area contributed by atoms with E-state index in [1.807, 2.05) is 18.2 Å². The van der Waals surface area contributed by atoms with E-state index in [1.165, 1.54) is 12.1 Å². The Balaban J connectivity index is 1.78. The average molecular weight is 484 g/mol. The molecule has 1 aliphatic carbocycles. The van der Waals surface area contributed by atoms with Gasteiger partial charge in [-0.05, 0) is 88.1 Å². The number of anilines is 1. The van der Waals surface area contributed by atoms with Crippen molar-refractivity contribution in [3.8, 4) is 16.9 Å². The van der Waals surface area contributed by atoms with E-state index >= 15 is 0 Å². The zero-order valence-corrected chi connectivity index (χ0v) is 20.6. The van der Waals surface area contributed by atoms with E-state index in [-0.39, 0.29) is 22.8 Å². The highest BCUT2D eigenvalue weighted by atomic mass is 35.5. The Bertz CT molecular complexity index is 1190. The highest BCUT2D eigenvalue weighted by Gasteiger charge is 2.33. The minimum Gasteiger partial charge on any atom is -0.504 e. The summed E-state index contributed by atoms with van der Waals surface area (Å²) in [5.41, 5.74) is 3.45. The lowest BCUT2D eigenvalue weighted by molar-refractivity contribution is 0.0968. The number of fused-ring (bicyclic) bond motifs is 1. The summed E-state index contributed by atoms with van der Waals surface area (Å²) in [6.07, 6.45) is 6.47. The second kappa shape index (κ2) is 10.3. The number of aromatic nitrogens is 1. The number of halogens is 2. The van der Waals surface area contributed by atoms with Crippen LogP contribution >= 0.6 is 11.6 Å². The van der Waals surface area contributed by atoms with Crippen LogP contribution in [0, 0.1) is 11.7 Å². The van der Waals surface area contributed by atoms with Gasteiger partial charge >= 0.3 is 0 Å². The molecule has 0 amide bonds. The summed E-state index contributed by atoms with van der Waals surface area (Å²) >= 11 is 6.02. The molecule has 0 radical (unpaired) electrons. The van der Waals surface area contributed by atoms with Gasteiger partial charge in [-0.3, -0.25) is 9.78 Å². The molecule has 1 heterocycles. The SMILES string of the molecule is CCC(CCCN(C)C)Nc1c(C(=O)C2CC2)cnc2ccc(-c3cc(F)c(O)c(Cl)c3)cc12. The lowest BCUT2D eigenvalue weighted by Gasteiger charge is -2.22. The highest BCUT2D eigenvalue weighted by Crippen LogP contribution is 2.39. The van der Waals surface area contributed by atoms with Crippen molar-refractivity contribution >= 4 is 34.0 Å². The molecule has 2 N–H and O–H groups in total. The first-order valence-electron chi connectivity index (χ1n) is 11.8. The number of phenols is 1. The molecule has 0 spiro atoms. The predicted molar refractivity (Wildman–Crippen MR) is 136 cm³/mol. The molecule has 1 aromatic heterocycles. The van der Waals surface area contributed by atoms with E-state index < -0.39 is 11.6 Å².